The third kappa shape index (κ3) is 2.71. The Balaban J connectivity index is 2.73. The summed E-state index contributed by atoms with van der Waals surface area (Å²) in [5.41, 5.74) is -0.466. The van der Waals surface area contributed by atoms with Crippen molar-refractivity contribution in [2.45, 2.75) is 19.8 Å². The van der Waals surface area contributed by atoms with Crippen molar-refractivity contribution in [3.63, 3.8) is 0 Å². The number of carbonyl (C=O) groups is 1. The summed E-state index contributed by atoms with van der Waals surface area (Å²) in [6, 6.07) is 3.85. The van der Waals surface area contributed by atoms with E-state index in [1.54, 1.807) is 0 Å². The molecule has 16 heavy (non-hydrogen) atoms. The minimum absolute atomic E-state index is 0.0119. The summed E-state index contributed by atoms with van der Waals surface area (Å²) in [5.74, 6) is -0.0946. The van der Waals surface area contributed by atoms with Gasteiger partial charge in [-0.25, -0.2) is 0 Å². The highest BCUT2D eigenvalue weighted by Crippen LogP contribution is 2.27. The standard InChI is InChI=1S/C11H16N4O/c1-11(3-2-6-14-9-11)10(16)15(7-4-12)8-5-13/h14H,2-3,6-9H2,1H3. The molecule has 0 saturated carbocycles. The van der Waals surface area contributed by atoms with Gasteiger partial charge in [-0.05, 0) is 26.3 Å². The lowest BCUT2D eigenvalue weighted by Gasteiger charge is -2.35. The van der Waals surface area contributed by atoms with Crippen molar-refractivity contribution in [1.29, 1.82) is 10.5 Å². The maximum Gasteiger partial charge on any atom is 0.231 e. The fourth-order valence-corrected chi connectivity index (χ4v) is 1.99. The highest BCUT2D eigenvalue weighted by Gasteiger charge is 2.37. The van der Waals surface area contributed by atoms with Gasteiger partial charge in [0, 0.05) is 6.54 Å². The van der Waals surface area contributed by atoms with Crippen LogP contribution in [0.5, 0.6) is 0 Å². The molecule has 5 nitrogen and oxygen atoms in total. The van der Waals surface area contributed by atoms with E-state index in [4.69, 9.17) is 10.5 Å². The van der Waals surface area contributed by atoms with E-state index in [9.17, 15) is 4.79 Å². The topological polar surface area (TPSA) is 79.9 Å². The van der Waals surface area contributed by atoms with Crippen LogP contribution < -0.4 is 5.32 Å². The molecule has 0 bridgehead atoms. The van der Waals surface area contributed by atoms with Gasteiger partial charge in [-0.3, -0.25) is 4.79 Å². The fraction of sp³-hybridized carbons (Fsp3) is 0.727. The van der Waals surface area contributed by atoms with E-state index >= 15 is 0 Å². The van der Waals surface area contributed by atoms with Crippen LogP contribution >= 0.6 is 0 Å². The van der Waals surface area contributed by atoms with Gasteiger partial charge in [0.05, 0.1) is 17.6 Å². The first kappa shape index (κ1) is 12.5. The predicted octanol–water partition coefficient (Wildman–Crippen LogP) is 0.252. The van der Waals surface area contributed by atoms with Crippen LogP contribution in [0.4, 0.5) is 0 Å². The van der Waals surface area contributed by atoms with Gasteiger partial charge >= 0.3 is 0 Å². The number of piperidine rings is 1. The van der Waals surface area contributed by atoms with E-state index in [2.05, 4.69) is 5.32 Å². The van der Waals surface area contributed by atoms with Crippen molar-refractivity contribution in [1.82, 2.24) is 10.2 Å². The van der Waals surface area contributed by atoms with Crippen molar-refractivity contribution in [2.24, 2.45) is 5.41 Å². The molecule has 1 heterocycles. The molecule has 86 valence electrons. The maximum absolute atomic E-state index is 12.2. The Morgan fingerprint density at radius 1 is 1.44 bits per heavy atom. The second-order valence-electron chi connectivity index (χ2n) is 4.32. The molecule has 1 amide bonds. The normalized spacial score (nSPS) is 24.2. The molecule has 0 aromatic heterocycles. The van der Waals surface area contributed by atoms with Crippen LogP contribution in [0, 0.1) is 28.1 Å². The lowest BCUT2D eigenvalue weighted by molar-refractivity contribution is -0.141. The van der Waals surface area contributed by atoms with Crippen LogP contribution in [-0.2, 0) is 4.79 Å². The first-order valence-electron chi connectivity index (χ1n) is 5.38. The summed E-state index contributed by atoms with van der Waals surface area (Å²) in [4.78, 5) is 13.5. The van der Waals surface area contributed by atoms with E-state index in [0.29, 0.717) is 6.54 Å². The Kier molecular flexibility index (Phi) is 4.28. The number of nitrogens with one attached hydrogen (secondary N) is 1. The predicted molar refractivity (Wildman–Crippen MR) is 58.0 cm³/mol. The van der Waals surface area contributed by atoms with Crippen molar-refractivity contribution >= 4 is 5.91 Å². The van der Waals surface area contributed by atoms with E-state index < -0.39 is 5.41 Å². The van der Waals surface area contributed by atoms with Crippen LogP contribution in [0.2, 0.25) is 0 Å². The van der Waals surface area contributed by atoms with Crippen molar-refractivity contribution in [2.75, 3.05) is 26.2 Å². The molecule has 1 rings (SSSR count). The third-order valence-electron chi connectivity index (χ3n) is 2.92. The van der Waals surface area contributed by atoms with Crippen molar-refractivity contribution < 1.29 is 4.79 Å². The zero-order valence-electron chi connectivity index (χ0n) is 9.49. The SMILES string of the molecule is CC1(C(=O)N(CC#N)CC#N)CCCNC1. The Hall–Kier alpha value is -1.59. The Morgan fingerprint density at radius 3 is 2.50 bits per heavy atom. The molecule has 0 aromatic carbocycles. The quantitative estimate of drug-likeness (QED) is 0.691. The first-order valence-corrected chi connectivity index (χ1v) is 5.38. The van der Waals surface area contributed by atoms with Gasteiger partial charge in [-0.1, -0.05) is 0 Å². The second-order valence-corrected chi connectivity index (χ2v) is 4.32. The minimum atomic E-state index is -0.466. The molecule has 0 aliphatic carbocycles. The second kappa shape index (κ2) is 5.48. The maximum atomic E-state index is 12.2. The van der Waals surface area contributed by atoms with Crippen LogP contribution in [0.3, 0.4) is 0 Å². The lowest BCUT2D eigenvalue weighted by atomic mass is 9.81. The number of carbonyl (C=O) groups excluding carboxylic acids is 1. The molecule has 1 aliphatic rings. The molecule has 0 spiro atoms. The number of rotatable bonds is 3. The monoisotopic (exact) mass is 220 g/mol. The Labute approximate surface area is 95.6 Å². The largest absolute Gasteiger partial charge is 0.316 e. The number of nitrogens with zero attached hydrogens (tertiary/aromatic N) is 3. The average molecular weight is 220 g/mol. The average Bonchev–Trinajstić information content (AvgIpc) is 2.29. The number of nitriles is 2. The number of amides is 1. The molecule has 5 heteroatoms. The Morgan fingerprint density at radius 2 is 2.06 bits per heavy atom. The first-order chi connectivity index (χ1) is 7.64. The molecular formula is C11H16N4O. The van der Waals surface area contributed by atoms with Crippen molar-refractivity contribution in [3.05, 3.63) is 0 Å². The van der Waals surface area contributed by atoms with Crippen LogP contribution in [0.25, 0.3) is 0 Å². The van der Waals surface area contributed by atoms with Crippen LogP contribution in [0.1, 0.15) is 19.8 Å². The molecule has 1 aliphatic heterocycles. The summed E-state index contributed by atoms with van der Waals surface area (Å²) in [5, 5.41) is 20.4. The molecular weight excluding hydrogens is 204 g/mol. The van der Waals surface area contributed by atoms with Crippen LogP contribution in [-0.4, -0.2) is 37.0 Å². The summed E-state index contributed by atoms with van der Waals surface area (Å²) in [7, 11) is 0. The zero-order chi connectivity index (χ0) is 12.0. The third-order valence-corrected chi connectivity index (χ3v) is 2.92. The van der Waals surface area contributed by atoms with Gasteiger partial charge in [0.2, 0.25) is 5.91 Å². The molecule has 1 saturated heterocycles. The zero-order valence-corrected chi connectivity index (χ0v) is 9.49. The van der Waals surface area contributed by atoms with E-state index in [1.807, 2.05) is 19.1 Å². The summed E-state index contributed by atoms with van der Waals surface area (Å²) < 4.78 is 0. The molecule has 0 radical (unpaired) electrons. The lowest BCUT2D eigenvalue weighted by Crippen LogP contribution is -2.50. The van der Waals surface area contributed by atoms with E-state index in [1.165, 1.54) is 4.90 Å². The molecule has 1 atom stereocenters. The van der Waals surface area contributed by atoms with Gasteiger partial charge in [-0.15, -0.1) is 0 Å². The van der Waals surface area contributed by atoms with Gasteiger partial charge < -0.3 is 10.2 Å². The van der Waals surface area contributed by atoms with Crippen molar-refractivity contribution in [3.8, 4) is 12.1 Å². The fourth-order valence-electron chi connectivity index (χ4n) is 1.99. The Bertz CT molecular complexity index is 317. The highest BCUT2D eigenvalue weighted by atomic mass is 16.2. The van der Waals surface area contributed by atoms with E-state index in [0.717, 1.165) is 19.4 Å². The summed E-state index contributed by atoms with van der Waals surface area (Å²) >= 11 is 0. The molecule has 0 aromatic rings. The van der Waals surface area contributed by atoms with Gasteiger partial charge in [0.1, 0.15) is 13.1 Å². The van der Waals surface area contributed by atoms with Gasteiger partial charge in [0.15, 0.2) is 0 Å². The molecule has 1 unspecified atom stereocenters. The minimum Gasteiger partial charge on any atom is -0.316 e. The van der Waals surface area contributed by atoms with Gasteiger partial charge in [-0.2, -0.15) is 10.5 Å². The van der Waals surface area contributed by atoms with Crippen LogP contribution in [0.15, 0.2) is 0 Å². The summed E-state index contributed by atoms with van der Waals surface area (Å²) in [6.45, 7) is 3.42. The summed E-state index contributed by atoms with van der Waals surface area (Å²) in [6.07, 6.45) is 1.77. The number of hydrogen-bond donors (Lipinski definition) is 1. The smallest absolute Gasteiger partial charge is 0.231 e. The highest BCUT2D eigenvalue weighted by molar-refractivity contribution is 5.83. The van der Waals surface area contributed by atoms with Gasteiger partial charge in [0.25, 0.3) is 0 Å². The van der Waals surface area contributed by atoms with E-state index in [-0.39, 0.29) is 19.0 Å². The molecule has 1 N–H and O–H groups in total. The number of hydrogen-bond acceptors (Lipinski definition) is 4. The molecule has 1 fully saturated rings.